The van der Waals surface area contributed by atoms with Crippen molar-refractivity contribution in [3.63, 3.8) is 0 Å². The Balaban J connectivity index is 4.79. The second kappa shape index (κ2) is 51.3. The van der Waals surface area contributed by atoms with Crippen LogP contribution in [0.15, 0.2) is 0 Å². The summed E-state index contributed by atoms with van der Waals surface area (Å²) in [6.45, 7) is 17.1. The SMILES string of the molecule is CCCCCCCCC(CCCCCC)COS(C)(C)OC(CCCCCCC)OCCCCCCN(CCCCO)CCCCCCOC(=O)C(CCCCCCCC)SCCCCC. The van der Waals surface area contributed by atoms with E-state index in [-0.39, 0.29) is 24.1 Å². The van der Waals surface area contributed by atoms with Gasteiger partial charge < -0.3 is 19.5 Å². The molecular weight excluding hydrogens is 859 g/mol. The van der Waals surface area contributed by atoms with Gasteiger partial charge in [-0.2, -0.15) is 10.6 Å². The molecule has 0 rings (SSSR count). The molecule has 9 heteroatoms. The first-order valence-electron chi connectivity index (χ1n) is 29.1. The number of thioether (sulfide) groups is 1. The number of unbranched alkanes of at least 4 members (excludes halogenated alkanes) is 26. The van der Waals surface area contributed by atoms with Gasteiger partial charge in [0.15, 0.2) is 6.29 Å². The summed E-state index contributed by atoms with van der Waals surface area (Å²) in [7, 11) is -1.67. The summed E-state index contributed by atoms with van der Waals surface area (Å²) in [6.07, 6.45) is 50.5. The second-order valence-electron chi connectivity index (χ2n) is 20.2. The Hall–Kier alpha value is -0.0300. The van der Waals surface area contributed by atoms with E-state index in [1.54, 1.807) is 0 Å². The monoisotopic (exact) mass is 976 g/mol. The van der Waals surface area contributed by atoms with Gasteiger partial charge in [-0.3, -0.25) is 13.2 Å². The summed E-state index contributed by atoms with van der Waals surface area (Å²) >= 11 is 1.84. The highest BCUT2D eigenvalue weighted by Crippen LogP contribution is 2.45. The third-order valence-electron chi connectivity index (χ3n) is 13.2. The fourth-order valence-corrected chi connectivity index (χ4v) is 11.2. The zero-order valence-electron chi connectivity index (χ0n) is 45.5. The van der Waals surface area contributed by atoms with Crippen LogP contribution >= 0.6 is 22.4 Å². The fraction of sp³-hybridized carbons (Fsp3) is 0.982. The van der Waals surface area contributed by atoms with E-state index in [1.165, 1.54) is 186 Å². The van der Waals surface area contributed by atoms with Gasteiger partial charge in [-0.05, 0) is 102 Å². The van der Waals surface area contributed by atoms with Crippen LogP contribution in [0.1, 0.15) is 279 Å². The molecule has 0 spiro atoms. The molecule has 0 aromatic rings. The Morgan fingerprint density at radius 3 is 1.47 bits per heavy atom. The molecule has 0 aliphatic carbocycles. The van der Waals surface area contributed by atoms with E-state index in [4.69, 9.17) is 17.8 Å². The number of rotatable bonds is 55. The summed E-state index contributed by atoms with van der Waals surface area (Å²) < 4.78 is 25.8. The Kier molecular flexibility index (Phi) is 51.3. The summed E-state index contributed by atoms with van der Waals surface area (Å²) in [5.41, 5.74) is 0. The molecule has 0 fully saturated rings. The maximum absolute atomic E-state index is 13.1. The zero-order valence-corrected chi connectivity index (χ0v) is 47.1. The van der Waals surface area contributed by atoms with Gasteiger partial charge in [-0.1, -0.05) is 202 Å². The van der Waals surface area contributed by atoms with Crippen LogP contribution in [-0.4, -0.2) is 91.8 Å². The average molecular weight is 977 g/mol. The highest BCUT2D eigenvalue weighted by Gasteiger charge is 2.22. The van der Waals surface area contributed by atoms with E-state index < -0.39 is 10.6 Å². The van der Waals surface area contributed by atoms with Gasteiger partial charge in [0.25, 0.3) is 0 Å². The summed E-state index contributed by atoms with van der Waals surface area (Å²) in [5.74, 6) is 1.72. The molecule has 398 valence electrons. The predicted octanol–water partition coefficient (Wildman–Crippen LogP) is 17.7. The lowest BCUT2D eigenvalue weighted by Crippen LogP contribution is -2.27. The predicted molar refractivity (Wildman–Crippen MR) is 294 cm³/mol. The molecule has 0 amide bonds. The van der Waals surface area contributed by atoms with E-state index >= 15 is 0 Å². The highest BCUT2D eigenvalue weighted by atomic mass is 32.3. The van der Waals surface area contributed by atoms with Crippen molar-refractivity contribution < 1.29 is 27.7 Å². The highest BCUT2D eigenvalue weighted by molar-refractivity contribution is 8.24. The van der Waals surface area contributed by atoms with Gasteiger partial charge in [0.2, 0.25) is 0 Å². The van der Waals surface area contributed by atoms with E-state index in [9.17, 15) is 9.90 Å². The summed E-state index contributed by atoms with van der Waals surface area (Å²) in [4.78, 5) is 15.7. The molecule has 3 atom stereocenters. The van der Waals surface area contributed by atoms with Crippen LogP contribution in [0, 0.1) is 5.92 Å². The molecule has 3 unspecified atom stereocenters. The molecule has 0 aliphatic rings. The molecule has 0 saturated heterocycles. The van der Waals surface area contributed by atoms with Gasteiger partial charge >= 0.3 is 5.97 Å². The van der Waals surface area contributed by atoms with Crippen LogP contribution in [0.25, 0.3) is 0 Å². The molecule has 0 aromatic heterocycles. The average Bonchev–Trinajstić information content (AvgIpc) is 3.30. The van der Waals surface area contributed by atoms with Crippen molar-refractivity contribution in [2.24, 2.45) is 5.92 Å². The minimum Gasteiger partial charge on any atom is -0.465 e. The molecule has 0 bridgehead atoms. The van der Waals surface area contributed by atoms with Gasteiger partial charge in [0.05, 0.1) is 13.2 Å². The van der Waals surface area contributed by atoms with Crippen molar-refractivity contribution in [1.82, 2.24) is 4.90 Å². The normalized spacial score (nSPS) is 13.7. The van der Waals surface area contributed by atoms with Crippen molar-refractivity contribution in [2.45, 2.75) is 290 Å². The van der Waals surface area contributed by atoms with Gasteiger partial charge in [-0.25, -0.2) is 0 Å². The van der Waals surface area contributed by atoms with Gasteiger partial charge in [-0.15, -0.1) is 11.8 Å². The van der Waals surface area contributed by atoms with Crippen molar-refractivity contribution in [3.05, 3.63) is 0 Å². The van der Waals surface area contributed by atoms with E-state index in [0.717, 1.165) is 96.4 Å². The first kappa shape index (κ1) is 66.0. The van der Waals surface area contributed by atoms with E-state index in [1.807, 2.05) is 11.8 Å². The Bertz CT molecular complexity index is 975. The fourth-order valence-electron chi connectivity index (χ4n) is 8.81. The third-order valence-corrected chi connectivity index (χ3v) is 16.0. The quantitative estimate of drug-likeness (QED) is 0.0367. The largest absolute Gasteiger partial charge is 0.465 e. The maximum Gasteiger partial charge on any atom is 0.319 e. The molecule has 0 saturated carbocycles. The number of carbonyl (C=O) groups excluding carboxylic acids is 1. The first-order chi connectivity index (χ1) is 32.3. The van der Waals surface area contributed by atoms with Crippen molar-refractivity contribution >= 4 is 28.3 Å². The van der Waals surface area contributed by atoms with Crippen LogP contribution in [0.3, 0.4) is 0 Å². The lowest BCUT2D eigenvalue weighted by atomic mass is 9.95. The number of hydrogen-bond acceptors (Lipinski definition) is 8. The summed E-state index contributed by atoms with van der Waals surface area (Å²) in [6, 6.07) is 0. The van der Waals surface area contributed by atoms with E-state index in [2.05, 4.69) is 52.0 Å². The number of aliphatic hydroxyl groups is 1. The third kappa shape index (κ3) is 45.1. The molecule has 0 radical (unpaired) electrons. The van der Waals surface area contributed by atoms with Crippen LogP contribution in [0.5, 0.6) is 0 Å². The first-order valence-corrected chi connectivity index (χ1v) is 32.4. The van der Waals surface area contributed by atoms with Gasteiger partial charge in [0.1, 0.15) is 5.25 Å². The van der Waals surface area contributed by atoms with Crippen LogP contribution < -0.4 is 0 Å². The standard InChI is InChI=1S/C57H117NO6S2/c1-8-13-18-22-25-32-43-54(42-31-21-16-11-4)53-63-66(6,7)64-56(45-34-24-20-15-10-3)61-50-39-29-27-35-46-58(48-37-38-49-59)47-36-28-30-40-51-62-57(60)55(65-52-41-17-12-5)44-33-26-23-19-14-9-2/h54-56,59H,8-53H2,1-7H3. The molecule has 66 heavy (non-hydrogen) atoms. The molecule has 0 heterocycles. The van der Waals surface area contributed by atoms with Crippen molar-refractivity contribution in [3.8, 4) is 0 Å². The van der Waals surface area contributed by atoms with Crippen molar-refractivity contribution in [2.75, 3.05) is 64.3 Å². The lowest BCUT2D eigenvalue weighted by molar-refractivity contribution is -0.143. The summed E-state index contributed by atoms with van der Waals surface area (Å²) in [5, 5.41) is 9.45. The number of aliphatic hydroxyl groups excluding tert-OH is 1. The smallest absolute Gasteiger partial charge is 0.319 e. The lowest BCUT2D eigenvalue weighted by Gasteiger charge is -2.39. The zero-order chi connectivity index (χ0) is 48.4. The molecule has 0 aliphatic heterocycles. The van der Waals surface area contributed by atoms with Crippen LogP contribution in [0.4, 0.5) is 0 Å². The molecule has 7 nitrogen and oxygen atoms in total. The topological polar surface area (TPSA) is 77.5 Å². The minimum atomic E-state index is -1.67. The van der Waals surface area contributed by atoms with Crippen LogP contribution in [0.2, 0.25) is 0 Å². The maximum atomic E-state index is 13.1. The van der Waals surface area contributed by atoms with Crippen LogP contribution in [-0.2, 0) is 22.6 Å². The number of ether oxygens (including phenoxy) is 2. The number of nitrogens with zero attached hydrogens (tertiary/aromatic N) is 1. The number of hydrogen-bond donors (Lipinski definition) is 1. The number of carbonyl (C=O) groups is 1. The second-order valence-corrected chi connectivity index (χ2v) is 24.2. The molecule has 0 aromatic carbocycles. The Morgan fingerprint density at radius 1 is 0.500 bits per heavy atom. The molecular formula is C57H117NO6S2. The van der Waals surface area contributed by atoms with Crippen molar-refractivity contribution in [1.29, 1.82) is 0 Å². The minimum absolute atomic E-state index is 0.00897. The number of esters is 1. The van der Waals surface area contributed by atoms with Gasteiger partial charge in [0, 0.05) is 32.1 Å². The Labute approximate surface area is 419 Å². The molecule has 1 N–H and O–H groups in total. The van der Waals surface area contributed by atoms with E-state index in [0.29, 0.717) is 12.5 Å². The Morgan fingerprint density at radius 2 is 0.924 bits per heavy atom.